The molecule has 0 aliphatic heterocycles. The summed E-state index contributed by atoms with van der Waals surface area (Å²) in [5.41, 5.74) is 8.23. The number of hydrogen-bond donors (Lipinski definition) is 2. The largest absolute Gasteiger partial charge is 0.399 e. The maximum Gasteiger partial charge on any atom is 0.101 e. The highest BCUT2D eigenvalue weighted by Crippen LogP contribution is 2.36. The lowest BCUT2D eigenvalue weighted by atomic mass is 9.75. The Morgan fingerprint density at radius 1 is 1.33 bits per heavy atom. The molecule has 1 aliphatic rings. The molecule has 1 fully saturated rings. The molecule has 96 valence electrons. The number of anilines is 2. The first-order valence-electron chi connectivity index (χ1n) is 6.66. The highest BCUT2D eigenvalue weighted by molar-refractivity contribution is 5.63. The lowest BCUT2D eigenvalue weighted by molar-refractivity contribution is 0.233. The zero-order valence-corrected chi connectivity index (χ0v) is 11.0. The van der Waals surface area contributed by atoms with Crippen molar-refractivity contribution in [3.05, 3.63) is 23.8 Å². The average molecular weight is 243 g/mol. The molecule has 0 unspecified atom stereocenters. The Hall–Kier alpha value is -1.69. The summed E-state index contributed by atoms with van der Waals surface area (Å²) < 4.78 is 0. The summed E-state index contributed by atoms with van der Waals surface area (Å²) in [4.78, 5) is 0. The van der Waals surface area contributed by atoms with Crippen LogP contribution in [0.2, 0.25) is 0 Å². The maximum atomic E-state index is 9.10. The number of nitriles is 1. The van der Waals surface area contributed by atoms with Gasteiger partial charge in [0.2, 0.25) is 0 Å². The quantitative estimate of drug-likeness (QED) is 0.798. The third-order valence-corrected chi connectivity index (χ3v) is 3.93. The molecular formula is C15H21N3. The third kappa shape index (κ3) is 2.95. The molecule has 0 saturated heterocycles. The van der Waals surface area contributed by atoms with Crippen LogP contribution in [-0.4, -0.2) is 6.54 Å². The minimum atomic E-state index is 0.367. The van der Waals surface area contributed by atoms with E-state index in [-0.39, 0.29) is 0 Å². The second-order valence-corrected chi connectivity index (χ2v) is 5.64. The van der Waals surface area contributed by atoms with Crippen molar-refractivity contribution in [2.24, 2.45) is 5.41 Å². The van der Waals surface area contributed by atoms with Gasteiger partial charge < -0.3 is 11.1 Å². The van der Waals surface area contributed by atoms with Crippen molar-refractivity contribution in [1.82, 2.24) is 0 Å². The minimum Gasteiger partial charge on any atom is -0.399 e. The van der Waals surface area contributed by atoms with E-state index in [9.17, 15) is 0 Å². The van der Waals surface area contributed by atoms with Gasteiger partial charge in [0, 0.05) is 12.2 Å². The highest BCUT2D eigenvalue weighted by atomic mass is 14.9. The molecule has 18 heavy (non-hydrogen) atoms. The van der Waals surface area contributed by atoms with E-state index in [1.54, 1.807) is 6.07 Å². The fraction of sp³-hybridized carbons (Fsp3) is 0.533. The molecule has 1 saturated carbocycles. The summed E-state index contributed by atoms with van der Waals surface area (Å²) in [6.07, 6.45) is 6.56. The summed E-state index contributed by atoms with van der Waals surface area (Å²) >= 11 is 0. The van der Waals surface area contributed by atoms with E-state index in [2.05, 4.69) is 18.3 Å². The lowest BCUT2D eigenvalue weighted by Crippen LogP contribution is -2.29. The van der Waals surface area contributed by atoms with Crippen molar-refractivity contribution in [2.75, 3.05) is 17.6 Å². The minimum absolute atomic E-state index is 0.367. The van der Waals surface area contributed by atoms with Crippen molar-refractivity contribution < 1.29 is 0 Å². The molecule has 1 aromatic rings. The number of benzene rings is 1. The second kappa shape index (κ2) is 5.30. The molecular weight excluding hydrogens is 222 g/mol. The van der Waals surface area contributed by atoms with E-state index < -0.39 is 0 Å². The van der Waals surface area contributed by atoms with Gasteiger partial charge in [-0.1, -0.05) is 26.2 Å². The van der Waals surface area contributed by atoms with Gasteiger partial charge in [-0.3, -0.25) is 0 Å². The molecule has 2 rings (SSSR count). The normalized spacial score (nSPS) is 18.0. The van der Waals surface area contributed by atoms with Crippen LogP contribution in [0.4, 0.5) is 11.4 Å². The van der Waals surface area contributed by atoms with E-state index in [0.717, 1.165) is 12.2 Å². The van der Waals surface area contributed by atoms with Crippen LogP contribution in [0.15, 0.2) is 18.2 Å². The van der Waals surface area contributed by atoms with Crippen molar-refractivity contribution >= 4 is 11.4 Å². The van der Waals surface area contributed by atoms with E-state index in [0.29, 0.717) is 16.7 Å². The number of nitrogens with zero attached hydrogens (tertiary/aromatic N) is 1. The van der Waals surface area contributed by atoms with Crippen LogP contribution < -0.4 is 11.1 Å². The van der Waals surface area contributed by atoms with Gasteiger partial charge in [0.1, 0.15) is 6.07 Å². The predicted octanol–water partition coefficient (Wildman–Crippen LogP) is 3.52. The molecule has 0 radical (unpaired) electrons. The van der Waals surface area contributed by atoms with E-state index in [1.807, 2.05) is 12.1 Å². The smallest absolute Gasteiger partial charge is 0.101 e. The molecule has 0 heterocycles. The first-order valence-corrected chi connectivity index (χ1v) is 6.66. The second-order valence-electron chi connectivity index (χ2n) is 5.64. The van der Waals surface area contributed by atoms with Crippen LogP contribution in [0.5, 0.6) is 0 Å². The van der Waals surface area contributed by atoms with Gasteiger partial charge in [-0.25, -0.2) is 0 Å². The summed E-state index contributed by atoms with van der Waals surface area (Å²) in [5, 5.41) is 12.5. The molecule has 1 aromatic carbocycles. The zero-order valence-electron chi connectivity index (χ0n) is 11.0. The van der Waals surface area contributed by atoms with Crippen LogP contribution in [0, 0.1) is 16.7 Å². The predicted molar refractivity (Wildman–Crippen MR) is 75.3 cm³/mol. The Morgan fingerprint density at radius 3 is 2.72 bits per heavy atom. The number of nitrogens with two attached hydrogens (primary N) is 1. The van der Waals surface area contributed by atoms with Gasteiger partial charge in [0.25, 0.3) is 0 Å². The van der Waals surface area contributed by atoms with Crippen LogP contribution in [0.3, 0.4) is 0 Å². The standard InChI is InChI=1S/C15H21N3/c1-15(7-3-2-4-8-15)11-18-14-6-5-13(17)9-12(14)10-16/h5-6,9,18H,2-4,7-8,11,17H2,1H3. The summed E-state index contributed by atoms with van der Waals surface area (Å²) in [5.74, 6) is 0. The molecule has 1 aliphatic carbocycles. The van der Waals surface area contributed by atoms with E-state index >= 15 is 0 Å². The molecule has 3 nitrogen and oxygen atoms in total. The Bertz CT molecular complexity index is 453. The molecule has 0 spiro atoms. The Morgan fingerprint density at radius 2 is 2.06 bits per heavy atom. The first-order chi connectivity index (χ1) is 8.63. The number of nitrogen functional groups attached to an aromatic ring is 1. The number of hydrogen-bond acceptors (Lipinski definition) is 3. The Kier molecular flexibility index (Phi) is 3.76. The van der Waals surface area contributed by atoms with E-state index in [4.69, 9.17) is 11.0 Å². The summed E-state index contributed by atoms with van der Waals surface area (Å²) in [7, 11) is 0. The van der Waals surface area contributed by atoms with Crippen LogP contribution in [0.25, 0.3) is 0 Å². The topological polar surface area (TPSA) is 61.8 Å². The monoisotopic (exact) mass is 243 g/mol. The van der Waals surface area contributed by atoms with Gasteiger partial charge in [-0.15, -0.1) is 0 Å². The maximum absolute atomic E-state index is 9.10. The van der Waals surface area contributed by atoms with Crippen molar-refractivity contribution in [1.29, 1.82) is 5.26 Å². The van der Waals surface area contributed by atoms with Crippen molar-refractivity contribution in [3.8, 4) is 6.07 Å². The number of nitrogens with one attached hydrogen (secondary N) is 1. The number of rotatable bonds is 3. The molecule has 0 bridgehead atoms. The lowest BCUT2D eigenvalue weighted by Gasteiger charge is -2.34. The van der Waals surface area contributed by atoms with Crippen LogP contribution in [0.1, 0.15) is 44.6 Å². The summed E-state index contributed by atoms with van der Waals surface area (Å²) in [6, 6.07) is 7.66. The molecule has 3 N–H and O–H groups in total. The highest BCUT2D eigenvalue weighted by Gasteiger charge is 2.26. The first kappa shape index (κ1) is 12.8. The summed E-state index contributed by atoms with van der Waals surface area (Å²) in [6.45, 7) is 3.27. The van der Waals surface area contributed by atoms with Crippen LogP contribution in [-0.2, 0) is 0 Å². The molecule has 0 atom stereocenters. The third-order valence-electron chi connectivity index (χ3n) is 3.93. The Labute approximate surface area is 109 Å². The van der Waals surface area contributed by atoms with Gasteiger partial charge in [0.05, 0.1) is 11.3 Å². The van der Waals surface area contributed by atoms with E-state index in [1.165, 1.54) is 32.1 Å². The van der Waals surface area contributed by atoms with Gasteiger partial charge in [0.15, 0.2) is 0 Å². The fourth-order valence-corrected chi connectivity index (χ4v) is 2.70. The van der Waals surface area contributed by atoms with Crippen LogP contribution >= 0.6 is 0 Å². The molecule has 0 aromatic heterocycles. The molecule has 0 amide bonds. The molecule has 3 heteroatoms. The average Bonchev–Trinajstić information content (AvgIpc) is 2.38. The van der Waals surface area contributed by atoms with Gasteiger partial charge in [-0.05, 0) is 36.5 Å². The SMILES string of the molecule is CC1(CNc2ccc(N)cc2C#N)CCCCC1. The fourth-order valence-electron chi connectivity index (χ4n) is 2.70. The van der Waals surface area contributed by atoms with Crippen molar-refractivity contribution in [2.45, 2.75) is 39.0 Å². The zero-order chi connectivity index (χ0) is 13.0. The van der Waals surface area contributed by atoms with Crippen molar-refractivity contribution in [3.63, 3.8) is 0 Å². The Balaban J connectivity index is 2.04. The van der Waals surface area contributed by atoms with Gasteiger partial charge in [-0.2, -0.15) is 5.26 Å². The van der Waals surface area contributed by atoms with Gasteiger partial charge >= 0.3 is 0 Å².